The Labute approximate surface area is 147 Å². The van der Waals surface area contributed by atoms with Gasteiger partial charge in [-0.05, 0) is 0 Å². The highest BCUT2D eigenvalue weighted by atomic mass is 16.6. The van der Waals surface area contributed by atoms with Gasteiger partial charge < -0.3 is 39.9 Å². The molecule has 5 N–H and O–H groups in total. The smallest absolute Gasteiger partial charge is 0.333 e. The average Bonchev–Trinajstić information content (AvgIpc) is 2.88. The van der Waals surface area contributed by atoms with E-state index in [0.29, 0.717) is 0 Å². The van der Waals surface area contributed by atoms with E-state index in [-0.39, 0.29) is 12.0 Å². The van der Waals surface area contributed by atoms with Crippen LogP contribution >= 0.6 is 0 Å². The molecule has 26 heavy (non-hydrogen) atoms. The quantitative estimate of drug-likeness (QED) is 0.312. The third kappa shape index (κ3) is 4.58. The number of aliphatic hydroxyl groups excluding tert-OH is 3. The van der Waals surface area contributed by atoms with E-state index >= 15 is 0 Å². The number of rotatable bonds is 7. The summed E-state index contributed by atoms with van der Waals surface area (Å²) in [4.78, 5) is 34.3. The summed E-state index contributed by atoms with van der Waals surface area (Å²) in [5, 5.41) is 46.7. The minimum Gasteiger partial charge on any atom is -0.479 e. The molecule has 0 saturated carbocycles. The zero-order valence-corrected chi connectivity index (χ0v) is 13.5. The minimum atomic E-state index is -1.91. The maximum absolute atomic E-state index is 11.5. The van der Waals surface area contributed by atoms with Gasteiger partial charge in [0.2, 0.25) is 0 Å². The van der Waals surface area contributed by atoms with Gasteiger partial charge in [-0.15, -0.1) is 0 Å². The number of aliphatic hydroxyl groups is 3. The van der Waals surface area contributed by atoms with E-state index in [4.69, 9.17) is 24.8 Å². The molecule has 1 unspecified atom stereocenters. The zero-order chi connectivity index (χ0) is 19.4. The topological polar surface area (TPSA) is 174 Å². The molecule has 0 radical (unpaired) electrons. The summed E-state index contributed by atoms with van der Waals surface area (Å²) in [5.41, 5.74) is 0.0651. The standard InChI is InChI=1S/C15H19NO10/c17-8(15(23)24)4-10(18)25-6-9-11(19)12(20)13(26-9)16-3-1-2-7(5-16)14(21)22/h1,3,5,8-9,11-13,17,19-20H,2,4,6H2,(H,21,22)(H,23,24)/t8-,9?,11+,12+,13+/m0/s1. The number of nitrogens with zero attached hydrogens (tertiary/aromatic N) is 1. The Morgan fingerprint density at radius 3 is 2.58 bits per heavy atom. The van der Waals surface area contributed by atoms with Crippen LogP contribution in [0.1, 0.15) is 12.8 Å². The lowest BCUT2D eigenvalue weighted by Crippen LogP contribution is -2.40. The molecule has 0 aliphatic carbocycles. The molecular formula is C15H19NO10. The number of hydrogen-bond acceptors (Lipinski definition) is 9. The Balaban J connectivity index is 1.94. The number of carboxylic acid groups (broad SMARTS) is 2. The van der Waals surface area contributed by atoms with Crippen LogP contribution in [0.2, 0.25) is 0 Å². The van der Waals surface area contributed by atoms with Gasteiger partial charge in [0, 0.05) is 18.8 Å². The molecule has 2 aliphatic heterocycles. The second-order valence-electron chi connectivity index (χ2n) is 5.78. The molecule has 1 fully saturated rings. The van der Waals surface area contributed by atoms with Gasteiger partial charge in [0.25, 0.3) is 0 Å². The van der Waals surface area contributed by atoms with Gasteiger partial charge in [0.15, 0.2) is 12.3 Å². The third-order valence-electron chi connectivity index (χ3n) is 3.88. The molecule has 0 aromatic heterocycles. The van der Waals surface area contributed by atoms with Crippen molar-refractivity contribution in [2.24, 2.45) is 0 Å². The molecule has 2 rings (SSSR count). The molecule has 5 atom stereocenters. The van der Waals surface area contributed by atoms with Crippen molar-refractivity contribution in [2.75, 3.05) is 6.61 Å². The van der Waals surface area contributed by atoms with Crippen LogP contribution in [0, 0.1) is 0 Å². The van der Waals surface area contributed by atoms with E-state index in [9.17, 15) is 24.6 Å². The first-order valence-corrected chi connectivity index (χ1v) is 7.67. The predicted octanol–water partition coefficient (Wildman–Crippen LogP) is -2.00. The zero-order valence-electron chi connectivity index (χ0n) is 13.5. The maximum atomic E-state index is 11.5. The summed E-state index contributed by atoms with van der Waals surface area (Å²) >= 11 is 0. The van der Waals surface area contributed by atoms with E-state index in [1.165, 1.54) is 17.3 Å². The number of allylic oxidation sites excluding steroid dienone is 1. The highest BCUT2D eigenvalue weighted by Crippen LogP contribution is 2.27. The molecular weight excluding hydrogens is 354 g/mol. The van der Waals surface area contributed by atoms with Gasteiger partial charge in [0.05, 0.1) is 12.0 Å². The van der Waals surface area contributed by atoms with E-state index in [1.807, 2.05) is 0 Å². The average molecular weight is 373 g/mol. The van der Waals surface area contributed by atoms with Gasteiger partial charge in [-0.3, -0.25) is 4.79 Å². The van der Waals surface area contributed by atoms with Crippen molar-refractivity contribution < 1.29 is 49.4 Å². The molecule has 1 saturated heterocycles. The molecule has 2 heterocycles. The van der Waals surface area contributed by atoms with Crippen molar-refractivity contribution >= 4 is 17.9 Å². The monoisotopic (exact) mass is 373 g/mol. The summed E-state index contributed by atoms with van der Waals surface area (Å²) in [5.74, 6) is -3.72. The fourth-order valence-electron chi connectivity index (χ4n) is 2.47. The van der Waals surface area contributed by atoms with Gasteiger partial charge >= 0.3 is 17.9 Å². The van der Waals surface area contributed by atoms with Crippen LogP contribution < -0.4 is 0 Å². The molecule has 0 bridgehead atoms. The van der Waals surface area contributed by atoms with Crippen molar-refractivity contribution in [3.05, 3.63) is 24.0 Å². The van der Waals surface area contributed by atoms with Crippen LogP contribution in [0.4, 0.5) is 0 Å². The Kier molecular flexibility index (Phi) is 6.32. The van der Waals surface area contributed by atoms with Crippen LogP contribution in [0.5, 0.6) is 0 Å². The summed E-state index contributed by atoms with van der Waals surface area (Å²) < 4.78 is 10.2. The largest absolute Gasteiger partial charge is 0.479 e. The predicted molar refractivity (Wildman–Crippen MR) is 81.2 cm³/mol. The number of carboxylic acids is 2. The van der Waals surface area contributed by atoms with Crippen LogP contribution in [-0.4, -0.2) is 85.6 Å². The molecule has 2 aliphatic rings. The summed E-state index contributed by atoms with van der Waals surface area (Å²) in [6, 6.07) is 0. The molecule has 0 amide bonds. The molecule has 144 valence electrons. The van der Waals surface area contributed by atoms with Gasteiger partial charge in [-0.25, -0.2) is 9.59 Å². The second kappa shape index (κ2) is 8.27. The Morgan fingerprint density at radius 1 is 1.27 bits per heavy atom. The first-order valence-electron chi connectivity index (χ1n) is 7.67. The molecule has 0 aromatic rings. The first kappa shape index (κ1) is 19.8. The van der Waals surface area contributed by atoms with Gasteiger partial charge in [-0.1, -0.05) is 6.08 Å². The molecule has 11 nitrogen and oxygen atoms in total. The fraction of sp³-hybridized carbons (Fsp3) is 0.533. The number of carbonyl (C=O) groups is 3. The molecule has 11 heteroatoms. The summed E-state index contributed by atoms with van der Waals surface area (Å²) in [6.07, 6.45) is -3.21. The number of ether oxygens (including phenoxy) is 2. The normalized spacial score (nSPS) is 29.2. The van der Waals surface area contributed by atoms with Crippen LogP contribution in [0.15, 0.2) is 24.0 Å². The number of hydrogen-bond donors (Lipinski definition) is 5. The number of esters is 1. The second-order valence-corrected chi connectivity index (χ2v) is 5.78. The number of aliphatic carboxylic acids is 2. The van der Waals surface area contributed by atoms with Crippen molar-refractivity contribution in [1.82, 2.24) is 4.90 Å². The van der Waals surface area contributed by atoms with Crippen LogP contribution in [-0.2, 0) is 23.9 Å². The number of carbonyl (C=O) groups excluding carboxylic acids is 1. The third-order valence-corrected chi connectivity index (χ3v) is 3.88. The fourth-order valence-corrected chi connectivity index (χ4v) is 2.47. The lowest BCUT2D eigenvalue weighted by atomic mass is 10.1. The summed E-state index contributed by atoms with van der Waals surface area (Å²) in [7, 11) is 0. The molecule has 0 spiro atoms. The van der Waals surface area contributed by atoms with E-state index in [2.05, 4.69) is 0 Å². The Morgan fingerprint density at radius 2 is 1.96 bits per heavy atom. The van der Waals surface area contributed by atoms with Crippen LogP contribution in [0.25, 0.3) is 0 Å². The highest BCUT2D eigenvalue weighted by Gasteiger charge is 2.45. The van der Waals surface area contributed by atoms with E-state index in [1.54, 1.807) is 6.08 Å². The lowest BCUT2D eigenvalue weighted by Gasteiger charge is -2.28. The first-order chi connectivity index (χ1) is 12.2. The Hall–Kier alpha value is -2.47. The van der Waals surface area contributed by atoms with Crippen molar-refractivity contribution in [3.63, 3.8) is 0 Å². The highest BCUT2D eigenvalue weighted by molar-refractivity contribution is 5.87. The van der Waals surface area contributed by atoms with Gasteiger partial charge in [-0.2, -0.15) is 0 Å². The van der Waals surface area contributed by atoms with Crippen LogP contribution in [0.3, 0.4) is 0 Å². The minimum absolute atomic E-state index is 0.0651. The maximum Gasteiger partial charge on any atom is 0.333 e. The lowest BCUT2D eigenvalue weighted by molar-refractivity contribution is -0.159. The SMILES string of the molecule is O=C(C[C@H](O)C(=O)O)OCC1O[C@@H](N2C=CCC(C(=O)O)=C2)[C@H](O)[C@@H]1O. The van der Waals surface area contributed by atoms with E-state index < -0.39 is 61.6 Å². The van der Waals surface area contributed by atoms with Crippen molar-refractivity contribution in [2.45, 2.75) is 43.5 Å². The molecule has 0 aromatic carbocycles. The van der Waals surface area contributed by atoms with Gasteiger partial charge in [0.1, 0.15) is 24.9 Å². The summed E-state index contributed by atoms with van der Waals surface area (Å²) in [6.45, 7) is -0.479. The van der Waals surface area contributed by atoms with E-state index in [0.717, 1.165) is 0 Å². The van der Waals surface area contributed by atoms with Crippen molar-refractivity contribution in [3.8, 4) is 0 Å². The van der Waals surface area contributed by atoms with Crippen molar-refractivity contribution in [1.29, 1.82) is 0 Å². The Bertz CT molecular complexity index is 630.